The molecule has 0 amide bonds. The second-order valence-electron chi connectivity index (χ2n) is 4.71. The number of benzene rings is 1. The Bertz CT molecular complexity index is 496. The minimum atomic E-state index is -0.340. The molecule has 19 heavy (non-hydrogen) atoms. The maximum Gasteiger partial charge on any atom is 0.133 e. The van der Waals surface area contributed by atoms with Gasteiger partial charge in [0.2, 0.25) is 0 Å². The first-order valence-electron chi connectivity index (χ1n) is 6.59. The van der Waals surface area contributed by atoms with Crippen molar-refractivity contribution in [3.8, 4) is 0 Å². The van der Waals surface area contributed by atoms with Gasteiger partial charge >= 0.3 is 0 Å². The fraction of sp³-hybridized carbons (Fsp3) is 0.400. The van der Waals surface area contributed by atoms with Gasteiger partial charge in [-0.05, 0) is 25.5 Å². The molecule has 4 heteroatoms. The van der Waals surface area contributed by atoms with Crippen molar-refractivity contribution in [1.29, 1.82) is 0 Å². The third kappa shape index (κ3) is 3.83. The number of aryl methyl sites for hydroxylation is 1. The van der Waals surface area contributed by atoms with E-state index in [1.807, 2.05) is 50.2 Å². The number of nitrogens with zero attached hydrogens (tertiary/aromatic N) is 2. The van der Waals surface area contributed by atoms with E-state index in [4.69, 9.17) is 4.52 Å². The Hall–Kier alpha value is -1.81. The lowest BCUT2D eigenvalue weighted by Gasteiger charge is -2.26. The molecule has 1 unspecified atom stereocenters. The summed E-state index contributed by atoms with van der Waals surface area (Å²) in [6, 6.07) is 12.0. The van der Waals surface area contributed by atoms with Crippen LogP contribution in [-0.2, 0) is 6.54 Å². The van der Waals surface area contributed by atoms with Crippen LogP contribution in [0.3, 0.4) is 0 Å². The van der Waals surface area contributed by atoms with Crippen LogP contribution in [-0.4, -0.2) is 22.9 Å². The maximum absolute atomic E-state index is 9.89. The van der Waals surface area contributed by atoms with E-state index in [1.165, 1.54) is 0 Å². The van der Waals surface area contributed by atoms with Crippen LogP contribution in [0.5, 0.6) is 0 Å². The van der Waals surface area contributed by atoms with Crippen LogP contribution in [0.4, 0.5) is 5.69 Å². The number of aliphatic hydroxyl groups is 1. The molecule has 0 aliphatic carbocycles. The maximum atomic E-state index is 9.89. The first-order chi connectivity index (χ1) is 9.19. The molecule has 0 saturated carbocycles. The number of anilines is 1. The second kappa shape index (κ2) is 6.38. The highest BCUT2D eigenvalue weighted by Crippen LogP contribution is 2.17. The number of aliphatic hydroxyl groups excluding tert-OH is 1. The third-order valence-corrected chi connectivity index (χ3v) is 3.05. The summed E-state index contributed by atoms with van der Waals surface area (Å²) < 4.78 is 5.09. The normalized spacial score (nSPS) is 12.4. The van der Waals surface area contributed by atoms with Crippen molar-refractivity contribution in [1.82, 2.24) is 5.16 Å². The van der Waals surface area contributed by atoms with Crippen molar-refractivity contribution < 1.29 is 9.63 Å². The van der Waals surface area contributed by atoms with Crippen LogP contribution in [0.1, 0.15) is 24.8 Å². The van der Waals surface area contributed by atoms with E-state index in [2.05, 4.69) is 10.1 Å². The smallest absolute Gasteiger partial charge is 0.133 e. The van der Waals surface area contributed by atoms with Crippen LogP contribution >= 0.6 is 0 Å². The van der Waals surface area contributed by atoms with Gasteiger partial charge in [0.1, 0.15) is 11.5 Å². The molecule has 0 aliphatic heterocycles. The second-order valence-corrected chi connectivity index (χ2v) is 4.71. The summed E-state index contributed by atoms with van der Waals surface area (Å²) in [4.78, 5) is 2.12. The molecule has 1 N–H and O–H groups in total. The molecule has 1 aromatic carbocycles. The van der Waals surface area contributed by atoms with E-state index >= 15 is 0 Å². The SMILES string of the molecule is CCC(O)CN(Cc1cc(C)on1)c1ccccc1. The molecule has 1 heterocycles. The third-order valence-electron chi connectivity index (χ3n) is 3.05. The highest BCUT2D eigenvalue weighted by atomic mass is 16.5. The zero-order chi connectivity index (χ0) is 13.7. The standard InChI is InChI=1S/C15H20N2O2/c1-3-15(18)11-17(14-7-5-4-6-8-14)10-13-9-12(2)19-16-13/h4-9,15,18H,3,10-11H2,1-2H3. The number of aromatic nitrogens is 1. The van der Waals surface area contributed by atoms with Crippen molar-refractivity contribution in [3.05, 3.63) is 47.9 Å². The number of para-hydroxylation sites is 1. The lowest BCUT2D eigenvalue weighted by atomic mass is 10.2. The van der Waals surface area contributed by atoms with E-state index in [0.717, 1.165) is 23.6 Å². The molecule has 4 nitrogen and oxygen atoms in total. The monoisotopic (exact) mass is 260 g/mol. The summed E-state index contributed by atoms with van der Waals surface area (Å²) in [6.45, 7) is 5.09. The molecule has 0 bridgehead atoms. The van der Waals surface area contributed by atoms with Gasteiger partial charge in [0.25, 0.3) is 0 Å². The zero-order valence-corrected chi connectivity index (χ0v) is 11.4. The Morgan fingerprint density at radius 3 is 2.63 bits per heavy atom. The van der Waals surface area contributed by atoms with Crippen molar-refractivity contribution in [3.63, 3.8) is 0 Å². The van der Waals surface area contributed by atoms with E-state index in [9.17, 15) is 5.11 Å². The first-order valence-corrected chi connectivity index (χ1v) is 6.59. The molecule has 2 aromatic rings. The van der Waals surface area contributed by atoms with Gasteiger partial charge in [-0.2, -0.15) is 0 Å². The van der Waals surface area contributed by atoms with Crippen LogP contribution in [0, 0.1) is 6.92 Å². The van der Waals surface area contributed by atoms with Gasteiger partial charge in [0.15, 0.2) is 0 Å². The summed E-state index contributed by atoms with van der Waals surface area (Å²) in [5.74, 6) is 0.805. The largest absolute Gasteiger partial charge is 0.391 e. The summed E-state index contributed by atoms with van der Waals surface area (Å²) in [5, 5.41) is 13.9. The minimum absolute atomic E-state index is 0.340. The lowest BCUT2D eigenvalue weighted by Crippen LogP contribution is -2.31. The summed E-state index contributed by atoms with van der Waals surface area (Å²) in [6.07, 6.45) is 0.398. The van der Waals surface area contributed by atoms with Crippen molar-refractivity contribution in [2.75, 3.05) is 11.4 Å². The average molecular weight is 260 g/mol. The molecule has 1 atom stereocenters. The molecule has 1 aromatic heterocycles. The van der Waals surface area contributed by atoms with Crippen molar-refractivity contribution >= 4 is 5.69 Å². The topological polar surface area (TPSA) is 49.5 Å². The molecule has 0 fully saturated rings. The van der Waals surface area contributed by atoms with E-state index < -0.39 is 0 Å². The average Bonchev–Trinajstić information content (AvgIpc) is 2.84. The summed E-state index contributed by atoms with van der Waals surface area (Å²) in [7, 11) is 0. The minimum Gasteiger partial charge on any atom is -0.391 e. The molecule has 102 valence electrons. The Morgan fingerprint density at radius 2 is 2.05 bits per heavy atom. The Kier molecular flexibility index (Phi) is 4.58. The molecule has 0 saturated heterocycles. The number of hydrogen-bond acceptors (Lipinski definition) is 4. The molecule has 0 spiro atoms. The Morgan fingerprint density at radius 1 is 1.32 bits per heavy atom. The number of rotatable bonds is 6. The predicted molar refractivity (Wildman–Crippen MR) is 75.0 cm³/mol. The predicted octanol–water partition coefficient (Wildman–Crippen LogP) is 2.76. The van der Waals surface area contributed by atoms with Crippen molar-refractivity contribution in [2.24, 2.45) is 0 Å². The number of hydrogen-bond donors (Lipinski definition) is 1. The van der Waals surface area contributed by atoms with E-state index in [0.29, 0.717) is 13.1 Å². The first kappa shape index (κ1) is 13.6. The Balaban J connectivity index is 2.14. The summed E-state index contributed by atoms with van der Waals surface area (Å²) >= 11 is 0. The quantitative estimate of drug-likeness (QED) is 0.867. The van der Waals surface area contributed by atoms with Crippen molar-refractivity contribution in [2.45, 2.75) is 32.9 Å². The highest BCUT2D eigenvalue weighted by molar-refractivity contribution is 5.46. The van der Waals surface area contributed by atoms with E-state index in [1.54, 1.807) is 0 Å². The van der Waals surface area contributed by atoms with Gasteiger partial charge < -0.3 is 14.5 Å². The van der Waals surface area contributed by atoms with Crippen LogP contribution in [0.2, 0.25) is 0 Å². The van der Waals surface area contributed by atoms with Crippen LogP contribution in [0.15, 0.2) is 40.9 Å². The summed E-state index contributed by atoms with van der Waals surface area (Å²) in [5.41, 5.74) is 1.96. The molecule has 2 rings (SSSR count). The molecular formula is C15H20N2O2. The molecule has 0 aliphatic rings. The fourth-order valence-corrected chi connectivity index (χ4v) is 1.97. The molecule has 0 radical (unpaired) electrons. The van der Waals surface area contributed by atoms with Gasteiger partial charge in [0, 0.05) is 18.3 Å². The van der Waals surface area contributed by atoms with Gasteiger partial charge in [-0.25, -0.2) is 0 Å². The molecular weight excluding hydrogens is 240 g/mol. The zero-order valence-electron chi connectivity index (χ0n) is 11.4. The lowest BCUT2D eigenvalue weighted by molar-refractivity contribution is 0.175. The van der Waals surface area contributed by atoms with E-state index in [-0.39, 0.29) is 6.10 Å². The van der Waals surface area contributed by atoms with Gasteiger partial charge in [0.05, 0.1) is 12.6 Å². The fourth-order valence-electron chi connectivity index (χ4n) is 1.97. The van der Waals surface area contributed by atoms with Crippen LogP contribution < -0.4 is 4.90 Å². The van der Waals surface area contributed by atoms with Gasteiger partial charge in [-0.3, -0.25) is 0 Å². The van der Waals surface area contributed by atoms with Gasteiger partial charge in [-0.1, -0.05) is 30.3 Å². The van der Waals surface area contributed by atoms with Crippen LogP contribution in [0.25, 0.3) is 0 Å². The Labute approximate surface area is 113 Å². The highest BCUT2D eigenvalue weighted by Gasteiger charge is 2.13. The van der Waals surface area contributed by atoms with Gasteiger partial charge in [-0.15, -0.1) is 0 Å².